The van der Waals surface area contributed by atoms with Gasteiger partial charge in [-0.25, -0.2) is 0 Å². The SMILES string of the molecule is c1ccc(-c2ccc(N3c4ccccc4C4(c5ccccc5N(c5ccc(-c6cccc7c6oc6ccccc67)cc5)c5ccccc54)c4cc(-c5ccccc5)ccc43)cc2)cc1. The predicted molar refractivity (Wildman–Crippen MR) is 265 cm³/mol. The van der Waals surface area contributed by atoms with Crippen LogP contribution >= 0.6 is 0 Å². The van der Waals surface area contributed by atoms with Gasteiger partial charge < -0.3 is 14.2 Å². The minimum atomic E-state index is -0.655. The van der Waals surface area contributed by atoms with E-state index in [0.717, 1.165) is 67.2 Å². The first-order chi connectivity index (χ1) is 31.8. The van der Waals surface area contributed by atoms with Crippen molar-refractivity contribution in [3.05, 3.63) is 265 Å². The van der Waals surface area contributed by atoms with E-state index in [-0.39, 0.29) is 0 Å². The van der Waals surface area contributed by atoms with Crippen LogP contribution in [-0.2, 0) is 5.41 Å². The van der Waals surface area contributed by atoms with Gasteiger partial charge in [0.25, 0.3) is 0 Å². The van der Waals surface area contributed by atoms with E-state index in [9.17, 15) is 0 Å². The molecule has 2 aliphatic heterocycles. The Hall–Kier alpha value is -8.40. The average molecular weight is 817 g/mol. The van der Waals surface area contributed by atoms with Crippen LogP contribution in [0.15, 0.2) is 247 Å². The molecule has 0 radical (unpaired) electrons. The summed E-state index contributed by atoms with van der Waals surface area (Å²) >= 11 is 0. The second-order valence-electron chi connectivity index (χ2n) is 16.8. The van der Waals surface area contributed by atoms with E-state index in [4.69, 9.17) is 4.42 Å². The van der Waals surface area contributed by atoms with Gasteiger partial charge in [-0.15, -0.1) is 0 Å². The number of hydrogen-bond acceptors (Lipinski definition) is 3. The van der Waals surface area contributed by atoms with Crippen molar-refractivity contribution < 1.29 is 4.42 Å². The number of benzene rings is 10. The van der Waals surface area contributed by atoms with E-state index in [2.05, 4.69) is 240 Å². The van der Waals surface area contributed by atoms with Gasteiger partial charge in [0.15, 0.2) is 0 Å². The Kier molecular flexibility index (Phi) is 8.13. The van der Waals surface area contributed by atoms with E-state index in [1.165, 1.54) is 44.5 Å². The number of hydrogen-bond donors (Lipinski definition) is 0. The van der Waals surface area contributed by atoms with Gasteiger partial charge in [0.1, 0.15) is 11.2 Å². The molecule has 1 aromatic heterocycles. The number of rotatable bonds is 5. The summed E-state index contributed by atoms with van der Waals surface area (Å²) in [4.78, 5) is 4.93. The molecular weight excluding hydrogens is 777 g/mol. The summed E-state index contributed by atoms with van der Waals surface area (Å²) < 4.78 is 6.48. The molecule has 0 fully saturated rings. The third kappa shape index (κ3) is 5.34. The average Bonchev–Trinajstić information content (AvgIpc) is 3.76. The summed E-state index contributed by atoms with van der Waals surface area (Å²) in [5.41, 5.74) is 20.0. The highest BCUT2D eigenvalue weighted by atomic mass is 16.3. The van der Waals surface area contributed by atoms with E-state index in [1.807, 2.05) is 12.1 Å². The summed E-state index contributed by atoms with van der Waals surface area (Å²) in [6, 6.07) is 88.5. The highest BCUT2D eigenvalue weighted by Gasteiger charge is 2.52. The van der Waals surface area contributed by atoms with Crippen LogP contribution in [0.3, 0.4) is 0 Å². The lowest BCUT2D eigenvalue weighted by molar-refractivity contribution is 0.670. The van der Waals surface area contributed by atoms with Crippen LogP contribution in [0.4, 0.5) is 34.1 Å². The van der Waals surface area contributed by atoms with Crippen molar-refractivity contribution in [3.63, 3.8) is 0 Å². The van der Waals surface area contributed by atoms with Gasteiger partial charge in [0.05, 0.1) is 28.2 Å². The van der Waals surface area contributed by atoms with Crippen molar-refractivity contribution in [1.82, 2.24) is 0 Å². The van der Waals surface area contributed by atoms with Crippen LogP contribution in [0.25, 0.3) is 55.3 Å². The third-order valence-corrected chi connectivity index (χ3v) is 13.5. The van der Waals surface area contributed by atoms with Gasteiger partial charge in [-0.2, -0.15) is 0 Å². The predicted octanol–water partition coefficient (Wildman–Crippen LogP) is 16.5. The molecule has 3 heterocycles. The Balaban J connectivity index is 1.02. The fourth-order valence-electron chi connectivity index (χ4n) is 10.7. The molecule has 1 spiro atoms. The molecule has 0 amide bonds. The van der Waals surface area contributed by atoms with E-state index >= 15 is 0 Å². The molecule has 3 nitrogen and oxygen atoms in total. The highest BCUT2D eigenvalue weighted by molar-refractivity contribution is 6.09. The Labute approximate surface area is 372 Å². The Bertz CT molecular complexity index is 3510. The number of furan rings is 1. The third-order valence-electron chi connectivity index (χ3n) is 13.5. The van der Waals surface area contributed by atoms with Crippen molar-refractivity contribution in [1.29, 1.82) is 0 Å². The molecule has 0 saturated carbocycles. The van der Waals surface area contributed by atoms with Gasteiger partial charge in [-0.1, -0.05) is 182 Å². The van der Waals surface area contributed by atoms with Crippen molar-refractivity contribution in [3.8, 4) is 33.4 Å². The smallest absolute Gasteiger partial charge is 0.143 e. The van der Waals surface area contributed by atoms with Gasteiger partial charge in [-0.3, -0.25) is 0 Å². The molecule has 64 heavy (non-hydrogen) atoms. The summed E-state index contributed by atoms with van der Waals surface area (Å²) in [5, 5.41) is 2.27. The van der Waals surface area contributed by atoms with Crippen LogP contribution < -0.4 is 9.80 Å². The van der Waals surface area contributed by atoms with Gasteiger partial charge in [0.2, 0.25) is 0 Å². The molecule has 13 rings (SSSR count). The monoisotopic (exact) mass is 816 g/mol. The summed E-state index contributed by atoms with van der Waals surface area (Å²) in [6.07, 6.45) is 0. The zero-order valence-electron chi connectivity index (χ0n) is 34.9. The lowest BCUT2D eigenvalue weighted by atomic mass is 9.60. The molecule has 0 bridgehead atoms. The van der Waals surface area contributed by atoms with Crippen molar-refractivity contribution in [2.24, 2.45) is 0 Å². The first kappa shape index (κ1) is 36.3. The molecule has 0 saturated heterocycles. The molecule has 300 valence electrons. The topological polar surface area (TPSA) is 19.6 Å². The first-order valence-electron chi connectivity index (χ1n) is 22.0. The standard InChI is InChI=1S/C61H40N2O/c1-3-16-41(17-4-1)43-30-35-46(36-31-43)63-57-28-13-10-25-53(57)61(54-40-45(34-39-58(54)63)42-18-5-2-6-19-42)51-23-8-11-26-55(51)62(56-27-12-9-24-52(56)61)47-37-32-44(33-38-47)48-21-15-22-50-49-20-7-14-29-59(49)64-60(48)50/h1-40H. The zero-order valence-corrected chi connectivity index (χ0v) is 34.9. The van der Waals surface area contributed by atoms with E-state index in [0.29, 0.717) is 0 Å². The van der Waals surface area contributed by atoms with Crippen LogP contribution in [-0.4, -0.2) is 0 Å². The number of fused-ring (bicyclic) bond motifs is 11. The van der Waals surface area contributed by atoms with Crippen molar-refractivity contribution >= 4 is 56.1 Å². The number of nitrogens with zero attached hydrogens (tertiary/aromatic N) is 2. The maximum atomic E-state index is 6.48. The van der Waals surface area contributed by atoms with Gasteiger partial charge >= 0.3 is 0 Å². The Morgan fingerprint density at radius 2 is 0.734 bits per heavy atom. The maximum absolute atomic E-state index is 6.48. The molecule has 0 aliphatic carbocycles. The lowest BCUT2D eigenvalue weighted by Crippen LogP contribution is -2.42. The number of anilines is 6. The molecule has 10 aromatic carbocycles. The fourth-order valence-corrected chi connectivity index (χ4v) is 10.7. The Morgan fingerprint density at radius 3 is 1.33 bits per heavy atom. The van der Waals surface area contributed by atoms with Crippen LogP contribution in [0, 0.1) is 0 Å². The fraction of sp³-hybridized carbons (Fsp3) is 0.0164. The quantitative estimate of drug-likeness (QED) is 0.173. The largest absolute Gasteiger partial charge is 0.455 e. The molecular formula is C61H40N2O. The minimum absolute atomic E-state index is 0.655. The van der Waals surface area contributed by atoms with E-state index < -0.39 is 5.41 Å². The highest BCUT2D eigenvalue weighted by Crippen LogP contribution is 2.64. The second-order valence-corrected chi connectivity index (χ2v) is 16.8. The van der Waals surface area contributed by atoms with Crippen molar-refractivity contribution in [2.75, 3.05) is 9.80 Å². The first-order valence-corrected chi connectivity index (χ1v) is 22.0. The summed E-state index contributed by atoms with van der Waals surface area (Å²) in [6.45, 7) is 0. The van der Waals surface area contributed by atoms with Crippen LogP contribution in [0.5, 0.6) is 0 Å². The molecule has 2 aliphatic rings. The Morgan fingerprint density at radius 1 is 0.297 bits per heavy atom. The minimum Gasteiger partial charge on any atom is -0.455 e. The van der Waals surface area contributed by atoms with Crippen molar-refractivity contribution in [2.45, 2.75) is 5.41 Å². The number of para-hydroxylation sites is 5. The van der Waals surface area contributed by atoms with Crippen LogP contribution in [0.1, 0.15) is 22.3 Å². The van der Waals surface area contributed by atoms with Crippen LogP contribution in [0.2, 0.25) is 0 Å². The zero-order chi connectivity index (χ0) is 42.2. The summed E-state index contributed by atoms with van der Waals surface area (Å²) in [7, 11) is 0. The maximum Gasteiger partial charge on any atom is 0.143 e. The van der Waals surface area contributed by atoms with Gasteiger partial charge in [0, 0.05) is 27.7 Å². The normalized spacial score (nSPS) is 13.4. The molecule has 0 atom stereocenters. The summed E-state index contributed by atoms with van der Waals surface area (Å²) in [5.74, 6) is 0. The van der Waals surface area contributed by atoms with Gasteiger partial charge in [-0.05, 0) is 111 Å². The molecule has 11 aromatic rings. The molecule has 0 N–H and O–H groups in total. The molecule has 3 heteroatoms. The lowest BCUT2D eigenvalue weighted by Gasteiger charge is -2.51. The van der Waals surface area contributed by atoms with E-state index in [1.54, 1.807) is 0 Å². The molecule has 0 unspecified atom stereocenters. The second kappa shape index (κ2) is 14.3.